The summed E-state index contributed by atoms with van der Waals surface area (Å²) in [5.74, 6) is 2.05. The molecular weight excluding hydrogens is 254 g/mol. The van der Waals surface area contributed by atoms with Crippen LogP contribution in [0.3, 0.4) is 0 Å². The van der Waals surface area contributed by atoms with Gasteiger partial charge in [0.15, 0.2) is 0 Å². The van der Waals surface area contributed by atoms with E-state index in [1.165, 1.54) is 6.42 Å². The highest BCUT2D eigenvalue weighted by Gasteiger charge is 2.45. The molecule has 0 N–H and O–H groups in total. The standard InChI is InChI=1S/C16H25NO3/c1-13-4-5-14(20-13)10-17-8-6-15-16(11-17,12-18-2)7-3-9-19-15/h4-5,15H,3,6-12H2,1-2H3/t15-,16-/m1/s1. The summed E-state index contributed by atoms with van der Waals surface area (Å²) < 4.78 is 17.2. The average molecular weight is 279 g/mol. The zero-order valence-electron chi connectivity index (χ0n) is 12.6. The van der Waals surface area contributed by atoms with Crippen LogP contribution in [0.15, 0.2) is 16.5 Å². The summed E-state index contributed by atoms with van der Waals surface area (Å²) in [6.45, 7) is 6.73. The molecule has 2 saturated heterocycles. The number of hydrogen-bond donors (Lipinski definition) is 0. The smallest absolute Gasteiger partial charge is 0.118 e. The molecule has 1 aromatic heterocycles. The first kappa shape index (κ1) is 14.1. The molecule has 1 aromatic rings. The molecule has 20 heavy (non-hydrogen) atoms. The maximum Gasteiger partial charge on any atom is 0.118 e. The molecule has 4 nitrogen and oxygen atoms in total. The second-order valence-electron chi connectivity index (χ2n) is 6.27. The fraction of sp³-hybridized carbons (Fsp3) is 0.750. The largest absolute Gasteiger partial charge is 0.465 e. The number of fused-ring (bicyclic) bond motifs is 1. The van der Waals surface area contributed by atoms with E-state index in [-0.39, 0.29) is 5.41 Å². The first-order valence-electron chi connectivity index (χ1n) is 7.60. The quantitative estimate of drug-likeness (QED) is 0.848. The zero-order valence-corrected chi connectivity index (χ0v) is 12.6. The summed E-state index contributed by atoms with van der Waals surface area (Å²) >= 11 is 0. The van der Waals surface area contributed by atoms with Crippen LogP contribution in [0.1, 0.15) is 30.8 Å². The van der Waals surface area contributed by atoms with E-state index < -0.39 is 0 Å². The van der Waals surface area contributed by atoms with Crippen LogP contribution in [-0.2, 0) is 16.0 Å². The van der Waals surface area contributed by atoms with Crippen LogP contribution in [0.2, 0.25) is 0 Å². The van der Waals surface area contributed by atoms with E-state index in [2.05, 4.69) is 11.0 Å². The lowest BCUT2D eigenvalue weighted by molar-refractivity contribution is -0.149. The van der Waals surface area contributed by atoms with Crippen LogP contribution in [0, 0.1) is 12.3 Å². The molecule has 3 heterocycles. The minimum Gasteiger partial charge on any atom is -0.465 e. The third-order valence-corrected chi connectivity index (χ3v) is 4.67. The van der Waals surface area contributed by atoms with Gasteiger partial charge in [-0.15, -0.1) is 0 Å². The predicted octanol–water partition coefficient (Wildman–Crippen LogP) is 2.61. The van der Waals surface area contributed by atoms with Gasteiger partial charge in [0.05, 0.1) is 19.3 Å². The van der Waals surface area contributed by atoms with Crippen molar-refractivity contribution in [3.05, 3.63) is 23.7 Å². The molecule has 112 valence electrons. The Bertz CT molecular complexity index is 441. The number of rotatable bonds is 4. The highest BCUT2D eigenvalue weighted by Crippen LogP contribution is 2.40. The highest BCUT2D eigenvalue weighted by molar-refractivity contribution is 5.06. The maximum atomic E-state index is 6.01. The van der Waals surface area contributed by atoms with Gasteiger partial charge in [0.1, 0.15) is 11.5 Å². The van der Waals surface area contributed by atoms with Gasteiger partial charge in [-0.05, 0) is 38.3 Å². The summed E-state index contributed by atoms with van der Waals surface area (Å²) in [5, 5.41) is 0. The van der Waals surface area contributed by atoms with Crippen molar-refractivity contribution in [2.45, 2.75) is 38.8 Å². The van der Waals surface area contributed by atoms with E-state index in [0.717, 1.165) is 57.2 Å². The van der Waals surface area contributed by atoms with Gasteiger partial charge in [-0.3, -0.25) is 4.90 Å². The Hall–Kier alpha value is -0.840. The molecule has 0 aromatic carbocycles. The highest BCUT2D eigenvalue weighted by atomic mass is 16.5. The van der Waals surface area contributed by atoms with Crippen LogP contribution in [0.5, 0.6) is 0 Å². The van der Waals surface area contributed by atoms with Crippen LogP contribution in [0.4, 0.5) is 0 Å². The topological polar surface area (TPSA) is 34.8 Å². The average Bonchev–Trinajstić information content (AvgIpc) is 2.84. The van der Waals surface area contributed by atoms with Gasteiger partial charge in [-0.1, -0.05) is 0 Å². The lowest BCUT2D eigenvalue weighted by atomic mass is 9.73. The molecule has 0 saturated carbocycles. The number of furan rings is 1. The Labute approximate surface area is 121 Å². The van der Waals surface area contributed by atoms with E-state index in [4.69, 9.17) is 13.9 Å². The minimum absolute atomic E-state index is 0.173. The molecule has 2 fully saturated rings. The molecule has 2 atom stereocenters. The summed E-state index contributed by atoms with van der Waals surface area (Å²) in [6, 6.07) is 4.12. The number of piperidine rings is 1. The summed E-state index contributed by atoms with van der Waals surface area (Å²) in [4.78, 5) is 2.49. The van der Waals surface area contributed by atoms with Crippen molar-refractivity contribution in [3.8, 4) is 0 Å². The Morgan fingerprint density at radius 3 is 3.10 bits per heavy atom. The van der Waals surface area contributed by atoms with Gasteiger partial charge in [0.25, 0.3) is 0 Å². The Morgan fingerprint density at radius 1 is 1.45 bits per heavy atom. The SMILES string of the molecule is COC[C@]12CCCO[C@@H]1CCN(Cc1ccc(C)o1)C2. The van der Waals surface area contributed by atoms with Crippen molar-refractivity contribution in [2.75, 3.05) is 33.4 Å². The summed E-state index contributed by atoms with van der Waals surface area (Å²) in [5.41, 5.74) is 0.173. The Kier molecular flexibility index (Phi) is 4.15. The van der Waals surface area contributed by atoms with Crippen molar-refractivity contribution in [1.29, 1.82) is 0 Å². The Balaban J connectivity index is 1.69. The molecular formula is C16H25NO3. The number of aryl methyl sites for hydroxylation is 1. The zero-order chi connectivity index (χ0) is 14.0. The molecule has 0 aliphatic carbocycles. The lowest BCUT2D eigenvalue weighted by Crippen LogP contribution is -2.56. The first-order chi connectivity index (χ1) is 9.72. The monoisotopic (exact) mass is 279 g/mol. The summed E-state index contributed by atoms with van der Waals surface area (Å²) in [6.07, 6.45) is 3.82. The number of methoxy groups -OCH3 is 1. The fourth-order valence-electron chi connectivity index (χ4n) is 3.81. The molecule has 0 unspecified atom stereocenters. The van der Waals surface area contributed by atoms with Crippen molar-refractivity contribution in [2.24, 2.45) is 5.41 Å². The molecule has 0 amide bonds. The van der Waals surface area contributed by atoms with E-state index in [1.54, 1.807) is 7.11 Å². The van der Waals surface area contributed by atoms with Gasteiger partial charge >= 0.3 is 0 Å². The number of ether oxygens (including phenoxy) is 2. The molecule has 3 rings (SSSR count). The molecule has 0 spiro atoms. The van der Waals surface area contributed by atoms with Crippen LogP contribution < -0.4 is 0 Å². The molecule has 4 heteroatoms. The van der Waals surface area contributed by atoms with Crippen LogP contribution in [-0.4, -0.2) is 44.4 Å². The van der Waals surface area contributed by atoms with E-state index in [9.17, 15) is 0 Å². The van der Waals surface area contributed by atoms with E-state index in [0.29, 0.717) is 6.10 Å². The van der Waals surface area contributed by atoms with Gasteiger partial charge in [0.2, 0.25) is 0 Å². The third kappa shape index (κ3) is 2.78. The van der Waals surface area contributed by atoms with Crippen molar-refractivity contribution in [3.63, 3.8) is 0 Å². The van der Waals surface area contributed by atoms with Gasteiger partial charge in [-0.2, -0.15) is 0 Å². The van der Waals surface area contributed by atoms with Crippen molar-refractivity contribution < 1.29 is 13.9 Å². The lowest BCUT2D eigenvalue weighted by Gasteiger charge is -2.50. The molecule has 0 bridgehead atoms. The number of likely N-dealkylation sites (tertiary alicyclic amines) is 1. The number of hydrogen-bond acceptors (Lipinski definition) is 4. The van der Waals surface area contributed by atoms with Gasteiger partial charge < -0.3 is 13.9 Å². The second kappa shape index (κ2) is 5.88. The Morgan fingerprint density at radius 2 is 2.35 bits per heavy atom. The second-order valence-corrected chi connectivity index (χ2v) is 6.27. The van der Waals surface area contributed by atoms with Gasteiger partial charge in [0, 0.05) is 32.2 Å². The normalized spacial score (nSPS) is 31.2. The molecule has 2 aliphatic rings. The van der Waals surface area contributed by atoms with E-state index in [1.807, 2.05) is 13.0 Å². The molecule has 2 aliphatic heterocycles. The first-order valence-corrected chi connectivity index (χ1v) is 7.60. The van der Waals surface area contributed by atoms with Crippen LogP contribution in [0.25, 0.3) is 0 Å². The van der Waals surface area contributed by atoms with Crippen LogP contribution >= 0.6 is 0 Å². The van der Waals surface area contributed by atoms with Gasteiger partial charge in [-0.25, -0.2) is 0 Å². The van der Waals surface area contributed by atoms with E-state index >= 15 is 0 Å². The minimum atomic E-state index is 0.173. The molecule has 0 radical (unpaired) electrons. The number of nitrogens with zero attached hydrogens (tertiary/aromatic N) is 1. The van der Waals surface area contributed by atoms with Crippen molar-refractivity contribution in [1.82, 2.24) is 4.90 Å². The maximum absolute atomic E-state index is 6.01. The summed E-state index contributed by atoms with van der Waals surface area (Å²) in [7, 11) is 1.80. The predicted molar refractivity (Wildman–Crippen MR) is 76.6 cm³/mol. The fourth-order valence-corrected chi connectivity index (χ4v) is 3.81. The third-order valence-electron chi connectivity index (χ3n) is 4.67. The van der Waals surface area contributed by atoms with Crippen molar-refractivity contribution >= 4 is 0 Å².